The predicted octanol–water partition coefficient (Wildman–Crippen LogP) is 17.7. The molecule has 0 N–H and O–H groups in total. The van der Waals surface area contributed by atoms with Gasteiger partial charge in [-0.25, -0.2) is 0 Å². The molecule has 1 nitrogen and oxygen atoms in total. The molecule has 61 heavy (non-hydrogen) atoms. The first kappa shape index (κ1) is 35.6. The zero-order valence-electron chi connectivity index (χ0n) is 33.1. The summed E-state index contributed by atoms with van der Waals surface area (Å²) in [4.78, 5) is 2.53. The third kappa shape index (κ3) is 6.13. The van der Waals surface area contributed by atoms with Crippen molar-refractivity contribution in [2.75, 3.05) is 4.90 Å². The molecule has 0 saturated heterocycles. The summed E-state index contributed by atoms with van der Waals surface area (Å²) in [6.45, 7) is 0. The van der Waals surface area contributed by atoms with Gasteiger partial charge >= 0.3 is 0 Å². The van der Waals surface area contributed by atoms with Crippen molar-refractivity contribution in [3.63, 3.8) is 0 Å². The third-order valence-electron chi connectivity index (χ3n) is 12.1. The van der Waals surface area contributed by atoms with Crippen LogP contribution in [0, 0.1) is 0 Å². The highest BCUT2D eigenvalue weighted by Crippen LogP contribution is 2.51. The highest BCUT2D eigenvalue weighted by Gasteiger charge is 2.24. The molecule has 0 unspecified atom stereocenters. The van der Waals surface area contributed by atoms with E-state index in [-0.39, 0.29) is 0 Å². The molecule has 0 saturated carbocycles. The summed E-state index contributed by atoms with van der Waals surface area (Å²) < 4.78 is 5.13. The van der Waals surface area contributed by atoms with Crippen LogP contribution in [0.2, 0.25) is 0 Å². The van der Waals surface area contributed by atoms with Gasteiger partial charge in [0.15, 0.2) is 0 Å². The van der Waals surface area contributed by atoms with Crippen LogP contribution < -0.4 is 4.90 Å². The molecule has 2 aromatic heterocycles. The topological polar surface area (TPSA) is 3.24 Å². The van der Waals surface area contributed by atoms with Gasteiger partial charge in [0.2, 0.25) is 0 Å². The molecule has 12 rings (SSSR count). The van der Waals surface area contributed by atoms with Gasteiger partial charge in [-0.1, -0.05) is 188 Å². The van der Waals surface area contributed by atoms with E-state index in [4.69, 9.17) is 0 Å². The van der Waals surface area contributed by atoms with E-state index in [0.717, 1.165) is 17.1 Å². The zero-order valence-corrected chi connectivity index (χ0v) is 34.8. The van der Waals surface area contributed by atoms with Crippen molar-refractivity contribution < 1.29 is 0 Å². The summed E-state index contributed by atoms with van der Waals surface area (Å²) in [5.41, 5.74) is 13.3. The van der Waals surface area contributed by atoms with E-state index in [1.807, 2.05) is 22.7 Å². The molecule has 2 heterocycles. The number of benzene rings is 10. The van der Waals surface area contributed by atoms with Crippen LogP contribution in [0.15, 0.2) is 224 Å². The summed E-state index contributed by atoms with van der Waals surface area (Å²) in [6, 6.07) is 82.4. The van der Waals surface area contributed by atoms with Crippen LogP contribution >= 0.6 is 22.7 Å². The van der Waals surface area contributed by atoms with Crippen molar-refractivity contribution in [3.8, 4) is 44.5 Å². The Balaban J connectivity index is 1.13. The van der Waals surface area contributed by atoms with Crippen LogP contribution in [0.5, 0.6) is 0 Å². The normalized spacial score (nSPS) is 11.6. The smallest absolute Gasteiger partial charge is 0.0555 e. The van der Waals surface area contributed by atoms with Crippen molar-refractivity contribution >= 4 is 90.9 Å². The fourth-order valence-corrected chi connectivity index (χ4v) is 11.7. The minimum absolute atomic E-state index is 1.13. The number of hydrogen-bond acceptors (Lipinski definition) is 3. The number of nitrogens with zero attached hydrogens (tertiary/aromatic N) is 1. The van der Waals surface area contributed by atoms with Gasteiger partial charge in [-0.2, -0.15) is 0 Å². The molecule has 0 aliphatic rings. The Morgan fingerprint density at radius 2 is 0.754 bits per heavy atom. The molecule has 0 radical (unpaired) electrons. The summed E-state index contributed by atoms with van der Waals surface area (Å²) in [5.74, 6) is 0. The maximum atomic E-state index is 2.53. The maximum absolute atomic E-state index is 2.53. The van der Waals surface area contributed by atoms with E-state index < -0.39 is 0 Å². The van der Waals surface area contributed by atoms with Crippen molar-refractivity contribution in [1.29, 1.82) is 0 Å². The molecule has 0 aliphatic carbocycles. The molecule has 0 bridgehead atoms. The fourth-order valence-electron chi connectivity index (χ4n) is 9.17. The van der Waals surface area contributed by atoms with Gasteiger partial charge in [0.05, 0.1) is 11.4 Å². The Kier molecular flexibility index (Phi) is 8.62. The molecule has 12 aromatic rings. The highest BCUT2D eigenvalue weighted by molar-refractivity contribution is 7.26. The van der Waals surface area contributed by atoms with Gasteiger partial charge < -0.3 is 4.90 Å². The van der Waals surface area contributed by atoms with Crippen LogP contribution in [0.1, 0.15) is 0 Å². The minimum atomic E-state index is 1.13. The number of hydrogen-bond donors (Lipinski definition) is 0. The lowest BCUT2D eigenvalue weighted by Gasteiger charge is -2.29. The van der Waals surface area contributed by atoms with Gasteiger partial charge in [-0.3, -0.25) is 0 Å². The first-order valence-corrected chi connectivity index (χ1v) is 22.4. The van der Waals surface area contributed by atoms with Gasteiger partial charge in [-0.15, -0.1) is 22.7 Å². The third-order valence-corrected chi connectivity index (χ3v) is 14.4. The molecule has 0 amide bonds. The monoisotopic (exact) mass is 811 g/mol. The first-order chi connectivity index (χ1) is 30.2. The fraction of sp³-hybridized carbons (Fsp3) is 0. The number of rotatable bonds is 7. The molecular formula is C58H37NS2. The molecule has 0 atom stereocenters. The Labute approximate surface area is 362 Å². The first-order valence-electron chi connectivity index (χ1n) is 20.7. The Morgan fingerprint density at radius 1 is 0.279 bits per heavy atom. The van der Waals surface area contributed by atoms with Gasteiger partial charge in [0, 0.05) is 51.4 Å². The SMILES string of the molecule is c1ccc(-c2ccc3c(c2)sc2cc(N(c4ccc(-c5ccccc5)c5ccccc45)c4ccc(-c5ccccc5)c5sc6cc(-c7ccccc7)ccc6c45)ccc23)cc1. The zero-order chi connectivity index (χ0) is 40.3. The van der Waals surface area contributed by atoms with Crippen molar-refractivity contribution in [2.24, 2.45) is 0 Å². The Hall–Kier alpha value is -7.30. The maximum Gasteiger partial charge on any atom is 0.0555 e. The van der Waals surface area contributed by atoms with Crippen molar-refractivity contribution in [3.05, 3.63) is 224 Å². The number of fused-ring (bicyclic) bond motifs is 7. The lowest BCUT2D eigenvalue weighted by atomic mass is 9.95. The van der Waals surface area contributed by atoms with Crippen molar-refractivity contribution in [2.45, 2.75) is 0 Å². The lowest BCUT2D eigenvalue weighted by molar-refractivity contribution is 1.32. The van der Waals surface area contributed by atoms with E-state index in [1.54, 1.807) is 0 Å². The van der Waals surface area contributed by atoms with E-state index >= 15 is 0 Å². The number of anilines is 3. The summed E-state index contributed by atoms with van der Waals surface area (Å²) in [5, 5.41) is 7.54. The van der Waals surface area contributed by atoms with E-state index in [9.17, 15) is 0 Å². The lowest BCUT2D eigenvalue weighted by Crippen LogP contribution is -2.11. The van der Waals surface area contributed by atoms with E-state index in [1.165, 1.54) is 95.6 Å². The van der Waals surface area contributed by atoms with Crippen LogP contribution in [-0.4, -0.2) is 0 Å². The molecular weight excluding hydrogens is 775 g/mol. The Bertz CT molecular complexity index is 3570. The minimum Gasteiger partial charge on any atom is -0.309 e. The van der Waals surface area contributed by atoms with Crippen LogP contribution in [0.25, 0.3) is 95.6 Å². The standard InChI is InChI=1S/C58H37NS2/c1-5-15-38(16-6-1)42-25-28-49-50-30-27-44(37-56(50)60-54(49)35-42)59(52-33-31-45(40-19-9-3-10-20-40)47-23-13-14-24-48(47)52)53-34-32-46(41-21-11-4-12-22-41)58-57(53)51-29-26-43(36-55(51)61-58)39-17-7-2-8-18-39/h1-37H. The predicted molar refractivity (Wildman–Crippen MR) is 266 cm³/mol. The van der Waals surface area contributed by atoms with Gasteiger partial charge in [0.25, 0.3) is 0 Å². The molecule has 286 valence electrons. The summed E-state index contributed by atoms with van der Waals surface area (Å²) in [7, 11) is 0. The molecule has 0 aliphatic heterocycles. The average Bonchev–Trinajstić information content (AvgIpc) is 3.91. The van der Waals surface area contributed by atoms with Gasteiger partial charge in [-0.05, 0) is 86.3 Å². The number of thiophene rings is 2. The van der Waals surface area contributed by atoms with Crippen LogP contribution in [0.4, 0.5) is 17.1 Å². The second kappa shape index (κ2) is 14.8. The van der Waals surface area contributed by atoms with Crippen LogP contribution in [-0.2, 0) is 0 Å². The summed E-state index contributed by atoms with van der Waals surface area (Å²) >= 11 is 3.78. The van der Waals surface area contributed by atoms with E-state index in [0.29, 0.717) is 0 Å². The summed E-state index contributed by atoms with van der Waals surface area (Å²) in [6.07, 6.45) is 0. The molecule has 10 aromatic carbocycles. The molecule has 0 fully saturated rings. The largest absolute Gasteiger partial charge is 0.309 e. The van der Waals surface area contributed by atoms with Crippen LogP contribution in [0.3, 0.4) is 0 Å². The van der Waals surface area contributed by atoms with E-state index in [2.05, 4.69) is 229 Å². The highest BCUT2D eigenvalue weighted by atomic mass is 32.1. The van der Waals surface area contributed by atoms with Crippen molar-refractivity contribution in [1.82, 2.24) is 0 Å². The quantitative estimate of drug-likeness (QED) is 0.155. The molecule has 0 spiro atoms. The van der Waals surface area contributed by atoms with Gasteiger partial charge in [0.1, 0.15) is 0 Å². The second-order valence-electron chi connectivity index (χ2n) is 15.6. The Morgan fingerprint density at radius 3 is 1.39 bits per heavy atom. The molecule has 3 heteroatoms. The average molecular weight is 812 g/mol. The second-order valence-corrected chi connectivity index (χ2v) is 17.8.